The molecule has 2 aromatic carbocycles. The SMILES string of the molecule is CN=C(NCc1ccc(OC)c(NC(C)=O)c1)N1CCN(c2ccccc2Cl)CC1.I. The summed E-state index contributed by atoms with van der Waals surface area (Å²) in [5, 5.41) is 7.00. The third-order valence-electron chi connectivity index (χ3n) is 5.01. The summed E-state index contributed by atoms with van der Waals surface area (Å²) in [7, 11) is 3.38. The number of methoxy groups -OCH3 is 1. The maximum Gasteiger partial charge on any atom is 0.221 e. The summed E-state index contributed by atoms with van der Waals surface area (Å²) < 4.78 is 5.32. The maximum atomic E-state index is 11.4. The summed E-state index contributed by atoms with van der Waals surface area (Å²) in [5.41, 5.74) is 2.76. The maximum absolute atomic E-state index is 11.4. The Morgan fingerprint density at radius 3 is 2.48 bits per heavy atom. The summed E-state index contributed by atoms with van der Waals surface area (Å²) in [6.45, 7) is 5.52. The first-order chi connectivity index (χ1) is 14.5. The molecule has 0 spiro atoms. The number of rotatable bonds is 5. The highest BCUT2D eigenvalue weighted by Gasteiger charge is 2.21. The average Bonchev–Trinajstić information content (AvgIpc) is 2.75. The molecule has 0 aliphatic carbocycles. The minimum Gasteiger partial charge on any atom is -0.495 e. The molecule has 1 aliphatic rings. The molecule has 9 heteroatoms. The van der Waals surface area contributed by atoms with E-state index in [0.29, 0.717) is 18.0 Å². The first-order valence-corrected chi connectivity index (χ1v) is 10.3. The third kappa shape index (κ3) is 6.64. The summed E-state index contributed by atoms with van der Waals surface area (Å²) >= 11 is 6.34. The molecule has 1 saturated heterocycles. The van der Waals surface area contributed by atoms with Gasteiger partial charge in [-0.1, -0.05) is 29.8 Å². The van der Waals surface area contributed by atoms with E-state index in [-0.39, 0.29) is 29.9 Å². The number of hydrogen-bond acceptors (Lipinski definition) is 4. The van der Waals surface area contributed by atoms with Crippen molar-refractivity contribution in [2.24, 2.45) is 4.99 Å². The number of amides is 1. The topological polar surface area (TPSA) is 69.2 Å². The molecule has 0 radical (unpaired) electrons. The number of carbonyl (C=O) groups is 1. The number of hydrogen-bond donors (Lipinski definition) is 2. The van der Waals surface area contributed by atoms with Crippen molar-refractivity contribution in [1.29, 1.82) is 0 Å². The van der Waals surface area contributed by atoms with E-state index < -0.39 is 0 Å². The molecule has 1 aliphatic heterocycles. The minimum atomic E-state index is -0.134. The highest BCUT2D eigenvalue weighted by atomic mass is 127. The van der Waals surface area contributed by atoms with E-state index >= 15 is 0 Å². The van der Waals surface area contributed by atoms with Crippen LogP contribution in [-0.4, -0.2) is 57.1 Å². The number of benzene rings is 2. The highest BCUT2D eigenvalue weighted by molar-refractivity contribution is 14.0. The molecule has 0 atom stereocenters. The largest absolute Gasteiger partial charge is 0.495 e. The standard InChI is InChI=1S/C22H28ClN5O2.HI/c1-16(29)26-19-14-17(8-9-21(19)30-3)15-25-22(24-2)28-12-10-27(11-13-28)20-7-5-4-6-18(20)23;/h4-9,14H,10-13,15H2,1-3H3,(H,24,25)(H,26,29);1H. The van der Waals surface area contributed by atoms with Gasteiger partial charge in [0.15, 0.2) is 5.96 Å². The lowest BCUT2D eigenvalue weighted by Crippen LogP contribution is -2.52. The van der Waals surface area contributed by atoms with Crippen LogP contribution in [0.1, 0.15) is 12.5 Å². The first-order valence-electron chi connectivity index (χ1n) is 9.91. The molecule has 168 valence electrons. The highest BCUT2D eigenvalue weighted by Crippen LogP contribution is 2.27. The number of aliphatic imine (C=N–C) groups is 1. The van der Waals surface area contributed by atoms with Gasteiger partial charge in [-0.2, -0.15) is 0 Å². The fourth-order valence-electron chi connectivity index (χ4n) is 3.53. The summed E-state index contributed by atoms with van der Waals surface area (Å²) in [6, 6.07) is 13.7. The van der Waals surface area contributed by atoms with E-state index in [1.807, 2.05) is 36.4 Å². The molecule has 3 rings (SSSR count). The normalized spacial score (nSPS) is 14.0. The molecule has 1 heterocycles. The van der Waals surface area contributed by atoms with Crippen LogP contribution in [0, 0.1) is 0 Å². The number of piperazine rings is 1. The van der Waals surface area contributed by atoms with Gasteiger partial charge in [-0.05, 0) is 29.8 Å². The van der Waals surface area contributed by atoms with Gasteiger partial charge in [0.2, 0.25) is 5.91 Å². The molecule has 1 amide bonds. The van der Waals surface area contributed by atoms with Crippen molar-refractivity contribution < 1.29 is 9.53 Å². The molecule has 0 saturated carbocycles. The van der Waals surface area contributed by atoms with Crippen LogP contribution in [0.2, 0.25) is 5.02 Å². The van der Waals surface area contributed by atoms with E-state index in [9.17, 15) is 4.79 Å². The molecule has 2 aromatic rings. The Morgan fingerprint density at radius 2 is 1.87 bits per heavy atom. The van der Waals surface area contributed by atoms with Gasteiger partial charge in [0.05, 0.1) is 23.5 Å². The van der Waals surface area contributed by atoms with Crippen molar-refractivity contribution in [3.63, 3.8) is 0 Å². The molecule has 31 heavy (non-hydrogen) atoms. The van der Waals surface area contributed by atoms with Crippen molar-refractivity contribution in [3.05, 3.63) is 53.1 Å². The zero-order valence-electron chi connectivity index (χ0n) is 18.0. The van der Waals surface area contributed by atoms with Crippen LogP contribution in [0.5, 0.6) is 5.75 Å². The van der Waals surface area contributed by atoms with Crippen molar-refractivity contribution in [2.75, 3.05) is 50.6 Å². The van der Waals surface area contributed by atoms with E-state index in [4.69, 9.17) is 16.3 Å². The van der Waals surface area contributed by atoms with Gasteiger partial charge in [0.25, 0.3) is 0 Å². The van der Waals surface area contributed by atoms with Crippen LogP contribution < -0.4 is 20.3 Å². The summed E-state index contributed by atoms with van der Waals surface area (Å²) in [5.74, 6) is 1.35. The van der Waals surface area contributed by atoms with Gasteiger partial charge in [-0.15, -0.1) is 24.0 Å². The van der Waals surface area contributed by atoms with Crippen LogP contribution in [0.3, 0.4) is 0 Å². The fraction of sp³-hybridized carbons (Fsp3) is 0.364. The Labute approximate surface area is 205 Å². The number of ether oxygens (including phenoxy) is 1. The Hall–Kier alpha value is -2.20. The third-order valence-corrected chi connectivity index (χ3v) is 5.33. The lowest BCUT2D eigenvalue weighted by Gasteiger charge is -2.38. The summed E-state index contributed by atoms with van der Waals surface area (Å²) in [6.07, 6.45) is 0. The number of nitrogens with one attached hydrogen (secondary N) is 2. The van der Waals surface area contributed by atoms with Crippen molar-refractivity contribution in [1.82, 2.24) is 10.2 Å². The monoisotopic (exact) mass is 557 g/mol. The number of guanidine groups is 1. The van der Waals surface area contributed by atoms with Gasteiger partial charge < -0.3 is 25.2 Å². The van der Waals surface area contributed by atoms with Crippen LogP contribution in [0.15, 0.2) is 47.5 Å². The van der Waals surface area contributed by atoms with Crippen molar-refractivity contribution in [3.8, 4) is 5.75 Å². The summed E-state index contributed by atoms with van der Waals surface area (Å²) in [4.78, 5) is 20.4. The van der Waals surface area contributed by atoms with Gasteiger partial charge in [-0.3, -0.25) is 9.79 Å². The number of nitrogens with zero attached hydrogens (tertiary/aromatic N) is 3. The van der Waals surface area contributed by atoms with Crippen molar-refractivity contribution >= 4 is 58.8 Å². The van der Waals surface area contributed by atoms with E-state index in [1.54, 1.807) is 14.2 Å². The predicted molar refractivity (Wildman–Crippen MR) is 138 cm³/mol. The molecule has 1 fully saturated rings. The van der Waals surface area contributed by atoms with Gasteiger partial charge >= 0.3 is 0 Å². The number of anilines is 2. The Balaban J connectivity index is 0.00000341. The zero-order valence-corrected chi connectivity index (χ0v) is 21.1. The number of halogens is 2. The minimum absolute atomic E-state index is 0. The van der Waals surface area contributed by atoms with Crippen LogP contribution in [0.4, 0.5) is 11.4 Å². The fourth-order valence-corrected chi connectivity index (χ4v) is 3.79. The molecular weight excluding hydrogens is 529 g/mol. The first kappa shape index (κ1) is 25.1. The van der Waals surface area contributed by atoms with E-state index in [1.165, 1.54) is 6.92 Å². The molecule has 0 unspecified atom stereocenters. The van der Waals surface area contributed by atoms with Gasteiger partial charge in [0.1, 0.15) is 5.75 Å². The molecule has 0 aromatic heterocycles. The Kier molecular flexibility index (Phi) is 9.70. The molecule has 0 bridgehead atoms. The number of carbonyl (C=O) groups excluding carboxylic acids is 1. The lowest BCUT2D eigenvalue weighted by molar-refractivity contribution is -0.114. The van der Waals surface area contributed by atoms with Gasteiger partial charge in [0, 0.05) is 46.7 Å². The lowest BCUT2D eigenvalue weighted by atomic mass is 10.2. The second-order valence-corrected chi connectivity index (χ2v) is 7.45. The van der Waals surface area contributed by atoms with E-state index in [2.05, 4.69) is 31.5 Å². The smallest absolute Gasteiger partial charge is 0.221 e. The average molecular weight is 558 g/mol. The molecular formula is C22H29ClIN5O2. The van der Waals surface area contributed by atoms with Crippen LogP contribution in [-0.2, 0) is 11.3 Å². The van der Waals surface area contributed by atoms with E-state index in [0.717, 1.165) is 48.4 Å². The molecule has 7 nitrogen and oxygen atoms in total. The number of para-hydroxylation sites is 1. The van der Waals surface area contributed by atoms with Crippen LogP contribution in [0.25, 0.3) is 0 Å². The second-order valence-electron chi connectivity index (χ2n) is 7.04. The van der Waals surface area contributed by atoms with Crippen molar-refractivity contribution in [2.45, 2.75) is 13.5 Å². The quantitative estimate of drug-likeness (QED) is 0.332. The van der Waals surface area contributed by atoms with Crippen LogP contribution >= 0.6 is 35.6 Å². The second kappa shape index (κ2) is 12.0. The Bertz CT molecular complexity index is 917. The molecule has 2 N–H and O–H groups in total. The zero-order chi connectivity index (χ0) is 21.5. The predicted octanol–water partition coefficient (Wildman–Crippen LogP) is 3.82. The Morgan fingerprint density at radius 1 is 1.16 bits per heavy atom. The van der Waals surface area contributed by atoms with Gasteiger partial charge in [-0.25, -0.2) is 0 Å².